The summed E-state index contributed by atoms with van der Waals surface area (Å²) in [6.07, 6.45) is 2.30. The van der Waals surface area contributed by atoms with Crippen LogP contribution in [-0.2, 0) is 9.59 Å². The van der Waals surface area contributed by atoms with Crippen molar-refractivity contribution in [3.63, 3.8) is 0 Å². The van der Waals surface area contributed by atoms with E-state index in [4.69, 9.17) is 4.74 Å². The molecule has 1 heterocycles. The van der Waals surface area contributed by atoms with Crippen LogP contribution in [0.25, 0.3) is 0 Å². The zero-order valence-corrected chi connectivity index (χ0v) is 14.7. The van der Waals surface area contributed by atoms with E-state index in [2.05, 4.69) is 13.8 Å². The fraction of sp³-hybridized carbons (Fsp3) is 0.579. The van der Waals surface area contributed by atoms with Gasteiger partial charge in [-0.3, -0.25) is 9.59 Å². The van der Waals surface area contributed by atoms with Crippen molar-refractivity contribution < 1.29 is 19.4 Å². The molecule has 0 spiro atoms. The highest BCUT2D eigenvalue weighted by Crippen LogP contribution is 2.31. The molecule has 0 aliphatic carbocycles. The molecule has 0 aromatic heterocycles. The van der Waals surface area contributed by atoms with Crippen molar-refractivity contribution in [3.8, 4) is 5.75 Å². The molecule has 1 saturated heterocycles. The maximum absolute atomic E-state index is 12.4. The molecule has 1 N–H and O–H groups in total. The fourth-order valence-electron chi connectivity index (χ4n) is 3.10. The van der Waals surface area contributed by atoms with Gasteiger partial charge < -0.3 is 14.7 Å². The molecule has 0 radical (unpaired) electrons. The second kappa shape index (κ2) is 7.69. The van der Waals surface area contributed by atoms with Crippen LogP contribution < -0.4 is 4.74 Å². The Balaban J connectivity index is 2.00. The summed E-state index contributed by atoms with van der Waals surface area (Å²) in [6, 6.07) is 7.77. The number of carboxylic acids is 1. The number of rotatable bonds is 6. The molecule has 2 atom stereocenters. The van der Waals surface area contributed by atoms with Gasteiger partial charge in [-0.25, -0.2) is 0 Å². The van der Waals surface area contributed by atoms with Crippen LogP contribution in [0.1, 0.15) is 51.5 Å². The molecule has 2 rings (SSSR count). The van der Waals surface area contributed by atoms with Gasteiger partial charge in [-0.05, 0) is 43.7 Å². The molecule has 5 heteroatoms. The lowest BCUT2D eigenvalue weighted by molar-refractivity contribution is -0.153. The predicted molar refractivity (Wildman–Crippen MR) is 92.2 cm³/mol. The van der Waals surface area contributed by atoms with Gasteiger partial charge in [-0.15, -0.1) is 0 Å². The minimum absolute atomic E-state index is 0.0524. The van der Waals surface area contributed by atoms with Crippen LogP contribution in [0.3, 0.4) is 0 Å². The molecule has 1 aromatic rings. The number of carboxylic acid groups (broad SMARTS) is 1. The largest absolute Gasteiger partial charge is 0.483 e. The van der Waals surface area contributed by atoms with Gasteiger partial charge in [0.2, 0.25) is 0 Å². The van der Waals surface area contributed by atoms with E-state index in [1.54, 1.807) is 11.8 Å². The van der Waals surface area contributed by atoms with Gasteiger partial charge in [-0.1, -0.05) is 32.0 Å². The average Bonchev–Trinajstić information content (AvgIpc) is 2.59. The lowest BCUT2D eigenvalue weighted by Gasteiger charge is -2.37. The molecular weight excluding hydrogens is 306 g/mol. The van der Waals surface area contributed by atoms with Gasteiger partial charge >= 0.3 is 5.97 Å². The molecule has 1 amide bonds. The molecular formula is C19H27NO4. The zero-order valence-electron chi connectivity index (χ0n) is 14.7. The third-order valence-corrected chi connectivity index (χ3v) is 4.98. The SMILES string of the molecule is CCC(C)c1ccccc1OCC(=O)N1CCCC(C)(C(=O)O)C1. The number of para-hydroxylation sites is 1. The van der Waals surface area contributed by atoms with Gasteiger partial charge in [-0.2, -0.15) is 0 Å². The molecule has 1 fully saturated rings. The quantitative estimate of drug-likeness (QED) is 0.867. The fourth-order valence-corrected chi connectivity index (χ4v) is 3.10. The number of ether oxygens (including phenoxy) is 1. The van der Waals surface area contributed by atoms with Crippen LogP contribution >= 0.6 is 0 Å². The average molecular weight is 333 g/mol. The van der Waals surface area contributed by atoms with Crippen LogP contribution in [0.5, 0.6) is 5.75 Å². The smallest absolute Gasteiger partial charge is 0.311 e. The summed E-state index contributed by atoms with van der Waals surface area (Å²) in [6.45, 7) is 6.74. The van der Waals surface area contributed by atoms with Crippen LogP contribution in [0.15, 0.2) is 24.3 Å². The van der Waals surface area contributed by atoms with Crippen molar-refractivity contribution >= 4 is 11.9 Å². The Morgan fingerprint density at radius 3 is 2.75 bits per heavy atom. The summed E-state index contributed by atoms with van der Waals surface area (Å²) in [7, 11) is 0. The van der Waals surface area contributed by atoms with Crippen LogP contribution in [0.4, 0.5) is 0 Å². The molecule has 1 aliphatic heterocycles. The second-order valence-corrected chi connectivity index (χ2v) is 6.92. The third-order valence-electron chi connectivity index (χ3n) is 4.98. The molecule has 0 bridgehead atoms. The molecule has 1 aromatic carbocycles. The highest BCUT2D eigenvalue weighted by Gasteiger charge is 2.39. The van der Waals surface area contributed by atoms with E-state index in [0.717, 1.165) is 17.7 Å². The van der Waals surface area contributed by atoms with Crippen molar-refractivity contribution in [2.75, 3.05) is 19.7 Å². The van der Waals surface area contributed by atoms with E-state index >= 15 is 0 Å². The summed E-state index contributed by atoms with van der Waals surface area (Å²) in [4.78, 5) is 25.5. The molecule has 132 valence electrons. The number of hydrogen-bond donors (Lipinski definition) is 1. The molecule has 1 aliphatic rings. The van der Waals surface area contributed by atoms with Crippen molar-refractivity contribution in [2.24, 2.45) is 5.41 Å². The van der Waals surface area contributed by atoms with E-state index < -0.39 is 11.4 Å². The Morgan fingerprint density at radius 1 is 1.38 bits per heavy atom. The first-order chi connectivity index (χ1) is 11.4. The summed E-state index contributed by atoms with van der Waals surface area (Å²) >= 11 is 0. The summed E-state index contributed by atoms with van der Waals surface area (Å²) < 4.78 is 5.77. The van der Waals surface area contributed by atoms with Gasteiger partial charge in [0.15, 0.2) is 6.61 Å². The predicted octanol–water partition coefficient (Wildman–Crippen LogP) is 3.29. The first-order valence-electron chi connectivity index (χ1n) is 8.60. The maximum Gasteiger partial charge on any atom is 0.311 e. The normalized spacial score (nSPS) is 22.0. The Kier molecular flexibility index (Phi) is 5.86. The number of benzene rings is 1. The summed E-state index contributed by atoms with van der Waals surface area (Å²) in [5.41, 5.74) is 0.240. The minimum atomic E-state index is -0.859. The van der Waals surface area contributed by atoms with Crippen molar-refractivity contribution in [3.05, 3.63) is 29.8 Å². The molecule has 0 saturated carbocycles. The monoisotopic (exact) mass is 333 g/mol. The maximum atomic E-state index is 12.4. The second-order valence-electron chi connectivity index (χ2n) is 6.92. The number of aliphatic carboxylic acids is 1. The van der Waals surface area contributed by atoms with Crippen molar-refractivity contribution in [1.82, 2.24) is 4.90 Å². The Labute approximate surface area is 143 Å². The van der Waals surface area contributed by atoms with Crippen LogP contribution in [0.2, 0.25) is 0 Å². The van der Waals surface area contributed by atoms with Gasteiger partial charge in [0.05, 0.1) is 5.41 Å². The first-order valence-corrected chi connectivity index (χ1v) is 8.60. The minimum Gasteiger partial charge on any atom is -0.483 e. The molecule has 24 heavy (non-hydrogen) atoms. The Morgan fingerprint density at radius 2 is 2.08 bits per heavy atom. The standard InChI is InChI=1S/C19H27NO4/c1-4-14(2)15-8-5-6-9-16(15)24-12-17(21)20-11-7-10-19(3,13-20)18(22)23/h5-6,8-9,14H,4,7,10-13H2,1-3H3,(H,22,23). The Bertz CT molecular complexity index is 601. The number of piperidine rings is 1. The lowest BCUT2D eigenvalue weighted by atomic mass is 9.82. The van der Waals surface area contributed by atoms with Gasteiger partial charge in [0, 0.05) is 13.1 Å². The summed E-state index contributed by atoms with van der Waals surface area (Å²) in [5.74, 6) is 0.101. The topological polar surface area (TPSA) is 66.8 Å². The number of carbonyl (C=O) groups is 2. The molecule has 2 unspecified atom stereocenters. The van der Waals surface area contributed by atoms with Gasteiger partial charge in [0.1, 0.15) is 5.75 Å². The lowest BCUT2D eigenvalue weighted by Crippen LogP contribution is -2.49. The highest BCUT2D eigenvalue weighted by atomic mass is 16.5. The summed E-state index contributed by atoms with van der Waals surface area (Å²) in [5, 5.41) is 9.36. The highest BCUT2D eigenvalue weighted by molar-refractivity contribution is 5.80. The van der Waals surface area contributed by atoms with E-state index in [9.17, 15) is 14.7 Å². The van der Waals surface area contributed by atoms with Crippen LogP contribution in [0, 0.1) is 5.41 Å². The van der Waals surface area contributed by atoms with E-state index in [-0.39, 0.29) is 19.1 Å². The number of amides is 1. The number of nitrogens with zero attached hydrogens (tertiary/aromatic N) is 1. The Hall–Kier alpha value is -2.04. The molecule has 5 nitrogen and oxygen atoms in total. The van der Waals surface area contributed by atoms with E-state index in [0.29, 0.717) is 25.3 Å². The van der Waals surface area contributed by atoms with E-state index in [1.165, 1.54) is 0 Å². The number of hydrogen-bond acceptors (Lipinski definition) is 3. The van der Waals surface area contributed by atoms with Crippen molar-refractivity contribution in [2.45, 2.75) is 46.0 Å². The zero-order chi connectivity index (χ0) is 17.7. The van der Waals surface area contributed by atoms with Crippen LogP contribution in [-0.4, -0.2) is 41.6 Å². The number of carbonyl (C=O) groups excluding carboxylic acids is 1. The van der Waals surface area contributed by atoms with E-state index in [1.807, 2.05) is 24.3 Å². The number of likely N-dealkylation sites (tertiary alicyclic amines) is 1. The first kappa shape index (κ1) is 18.3. The van der Waals surface area contributed by atoms with Gasteiger partial charge in [0.25, 0.3) is 5.91 Å². The van der Waals surface area contributed by atoms with Crippen molar-refractivity contribution in [1.29, 1.82) is 0 Å². The third kappa shape index (κ3) is 4.08.